The second-order valence-electron chi connectivity index (χ2n) is 10.5. The third-order valence-electron chi connectivity index (χ3n) is 5.94. The minimum absolute atomic E-state index is 0.0225. The molecule has 1 aliphatic rings. The van der Waals surface area contributed by atoms with E-state index in [-0.39, 0.29) is 23.3 Å². The molecule has 1 fully saturated rings. The number of aromatic nitrogens is 4. The Morgan fingerprint density at radius 2 is 1.95 bits per heavy atom. The van der Waals surface area contributed by atoms with Crippen LogP contribution in [0.4, 0.5) is 17.2 Å². The average Bonchev–Trinajstić information content (AvgIpc) is 3.66. The fourth-order valence-corrected chi connectivity index (χ4v) is 3.91. The zero-order valence-electron chi connectivity index (χ0n) is 22.9. The van der Waals surface area contributed by atoms with Crippen LogP contribution in [0.2, 0.25) is 0 Å². The first-order valence-corrected chi connectivity index (χ1v) is 12.9. The topological polar surface area (TPSA) is 172 Å². The summed E-state index contributed by atoms with van der Waals surface area (Å²) in [7, 11) is 7.13. The van der Waals surface area contributed by atoms with Crippen LogP contribution in [0.1, 0.15) is 23.3 Å². The third-order valence-corrected chi connectivity index (χ3v) is 5.94. The number of hydrogen-bond acceptors (Lipinski definition) is 9. The van der Waals surface area contributed by atoms with Crippen molar-refractivity contribution < 1.29 is 24.2 Å². The molecule has 0 unspecified atom stereocenters. The van der Waals surface area contributed by atoms with Gasteiger partial charge in [0.2, 0.25) is 11.8 Å². The molecule has 1 aromatic carbocycles. The fraction of sp³-hybridized carbons (Fsp3) is 0.333. The highest BCUT2D eigenvalue weighted by molar-refractivity contribution is 6.60. The number of carbonyl (C=O) groups is 3. The number of ether oxygens (including phenoxy) is 1. The number of methoxy groups -OCH3 is 1. The number of aliphatic hydroxyl groups excluding tert-OH is 1. The number of rotatable bonds is 12. The molecule has 2 aromatic heterocycles. The largest absolute Gasteiger partial charge is 0.494 e. The monoisotopic (exact) mass is 544 g/mol. The predicted octanol–water partition coefficient (Wildman–Crippen LogP) is -2.21. The molecule has 3 aromatic rings. The first-order valence-electron chi connectivity index (χ1n) is 12.9. The molecule has 206 valence electrons. The summed E-state index contributed by atoms with van der Waals surface area (Å²) in [5.41, 5.74) is 2.46. The maximum Gasteiger partial charge on any atom is 0.272 e. The highest BCUT2D eigenvalue weighted by atomic mass is 16.5. The van der Waals surface area contributed by atoms with E-state index in [0.29, 0.717) is 30.2 Å². The number of anilines is 3. The van der Waals surface area contributed by atoms with Crippen LogP contribution < -0.4 is 26.0 Å². The van der Waals surface area contributed by atoms with E-state index >= 15 is 0 Å². The van der Waals surface area contributed by atoms with Crippen molar-refractivity contribution in [2.24, 2.45) is 5.92 Å². The summed E-state index contributed by atoms with van der Waals surface area (Å²) in [5, 5.41) is 32.4. The Morgan fingerprint density at radius 3 is 2.62 bits per heavy atom. The lowest BCUT2D eigenvalue weighted by molar-refractivity contribution is -0.123. The lowest BCUT2D eigenvalue weighted by Gasteiger charge is -2.22. The quantitative estimate of drug-likeness (QED) is 0.159. The number of nitrogens with one attached hydrogen (secondary N) is 4. The second-order valence-corrected chi connectivity index (χ2v) is 10.5. The van der Waals surface area contributed by atoms with Gasteiger partial charge in [0.1, 0.15) is 35.9 Å². The molecule has 1 aliphatic carbocycles. The molecule has 0 saturated heterocycles. The molecule has 0 atom stereocenters. The lowest BCUT2D eigenvalue weighted by atomic mass is 9.49. The Hall–Kier alpha value is -4.33. The zero-order chi connectivity index (χ0) is 28.9. The highest BCUT2D eigenvalue weighted by Crippen LogP contribution is 2.38. The molecule has 40 heavy (non-hydrogen) atoms. The first-order chi connectivity index (χ1) is 19.1. The summed E-state index contributed by atoms with van der Waals surface area (Å²) in [6.07, 6.45) is 5.17. The van der Waals surface area contributed by atoms with Gasteiger partial charge in [-0.3, -0.25) is 19.1 Å². The van der Waals surface area contributed by atoms with Crippen LogP contribution in [0.3, 0.4) is 0 Å². The zero-order valence-corrected chi connectivity index (χ0v) is 22.9. The normalized spacial score (nSPS) is 12.8. The van der Waals surface area contributed by atoms with Gasteiger partial charge in [0, 0.05) is 35.9 Å². The Morgan fingerprint density at radius 1 is 1.18 bits per heavy atom. The van der Waals surface area contributed by atoms with Crippen molar-refractivity contribution in [2.75, 3.05) is 30.9 Å². The van der Waals surface area contributed by atoms with Crippen LogP contribution in [0.5, 0.6) is 5.75 Å². The van der Waals surface area contributed by atoms with Gasteiger partial charge >= 0.3 is 0 Å². The van der Waals surface area contributed by atoms with Crippen molar-refractivity contribution in [3.63, 3.8) is 0 Å². The van der Waals surface area contributed by atoms with Crippen molar-refractivity contribution >= 4 is 58.5 Å². The first kappa shape index (κ1) is 28.7. The van der Waals surface area contributed by atoms with Crippen LogP contribution in [0.25, 0.3) is 11.1 Å². The van der Waals surface area contributed by atoms with E-state index in [1.54, 1.807) is 23.0 Å². The number of carbonyl (C=O) groups excluding carboxylic acids is 3. The lowest BCUT2D eigenvalue weighted by Crippen LogP contribution is -2.50. The molecule has 0 aliphatic heterocycles. The number of nitrogens with zero attached hydrogens (tertiary/aromatic N) is 4. The van der Waals surface area contributed by atoms with Gasteiger partial charge < -0.3 is 31.1 Å². The Labute approximate surface area is 234 Å². The van der Waals surface area contributed by atoms with E-state index in [9.17, 15) is 14.4 Å². The van der Waals surface area contributed by atoms with Gasteiger partial charge in [-0.2, -0.15) is 5.10 Å². The van der Waals surface area contributed by atoms with Gasteiger partial charge in [-0.15, -0.1) is 10.2 Å². The number of amides is 3. The van der Waals surface area contributed by atoms with Crippen molar-refractivity contribution in [3.8, 4) is 16.9 Å². The molecule has 3 amide bonds. The predicted molar refractivity (Wildman–Crippen MR) is 157 cm³/mol. The summed E-state index contributed by atoms with van der Waals surface area (Å²) in [4.78, 5) is 36.7. The number of hydrogen-bond donors (Lipinski definition) is 5. The summed E-state index contributed by atoms with van der Waals surface area (Å²) >= 11 is 0. The van der Waals surface area contributed by atoms with Crippen molar-refractivity contribution in [1.82, 2.24) is 30.6 Å². The molecule has 5 N–H and O–H groups in total. The van der Waals surface area contributed by atoms with E-state index in [1.807, 2.05) is 41.9 Å². The minimum Gasteiger partial charge on any atom is -0.494 e. The van der Waals surface area contributed by atoms with Crippen LogP contribution in [-0.4, -0.2) is 91.8 Å². The highest BCUT2D eigenvalue weighted by Gasteiger charge is 2.30. The number of benzene rings is 1. The van der Waals surface area contributed by atoms with Crippen LogP contribution in [0.15, 0.2) is 36.7 Å². The second kappa shape index (κ2) is 12.2. The Bertz CT molecular complexity index is 1410. The number of para-hydroxylation sites is 1. The standard InChI is InChI=1S/C24H31B3N8O5/c1-40-21-15(14-10-29-35(11-14)8-7-28-19(37)12-36)3-2-4-16(21)30-17-9-18(31-22(38)13-5-6-13)33-34-20(17)23(39)32-24(25,26)27/h2-4,9-11,13,36H,5-8,12,25-27H2,1H3,(H,28,37)(H,32,39)(H2,30,31,33,38). The van der Waals surface area contributed by atoms with Gasteiger partial charge in [0.05, 0.1) is 31.2 Å². The minimum atomic E-state index is -0.567. The van der Waals surface area contributed by atoms with Gasteiger partial charge in [0.15, 0.2) is 11.5 Å². The SMILES string of the molecule is BC(B)(B)NC(=O)c1nnc(NC(=O)C2CC2)cc1Nc1cccc(-c2cnn(CCNC(=O)CO)c2)c1OC. The molecule has 16 heteroatoms. The molecular weight excluding hydrogens is 513 g/mol. The van der Waals surface area contributed by atoms with Crippen molar-refractivity contribution in [3.05, 3.63) is 42.4 Å². The molecule has 4 rings (SSSR count). The maximum atomic E-state index is 13.1. The third kappa shape index (κ3) is 7.41. The molecular formula is C24H31B3N8O5. The molecule has 1 saturated carbocycles. The van der Waals surface area contributed by atoms with Gasteiger partial charge in [0.25, 0.3) is 5.91 Å². The van der Waals surface area contributed by atoms with Gasteiger partial charge in [-0.25, -0.2) is 0 Å². The van der Waals surface area contributed by atoms with Gasteiger partial charge in [-0.1, -0.05) is 12.1 Å². The molecule has 0 bridgehead atoms. The van der Waals surface area contributed by atoms with E-state index in [1.165, 1.54) is 7.11 Å². The van der Waals surface area contributed by atoms with Gasteiger partial charge in [-0.05, 0) is 24.1 Å². The summed E-state index contributed by atoms with van der Waals surface area (Å²) in [6, 6.07) is 7.08. The Balaban J connectivity index is 1.63. The smallest absolute Gasteiger partial charge is 0.272 e. The summed E-state index contributed by atoms with van der Waals surface area (Å²) in [6.45, 7) is 0.159. The Kier molecular flexibility index (Phi) is 8.78. The van der Waals surface area contributed by atoms with E-state index in [4.69, 9.17) is 9.84 Å². The van der Waals surface area contributed by atoms with Crippen LogP contribution in [0, 0.1) is 5.92 Å². The van der Waals surface area contributed by atoms with Crippen molar-refractivity contribution in [1.29, 1.82) is 0 Å². The molecule has 2 heterocycles. The van der Waals surface area contributed by atoms with Crippen molar-refractivity contribution in [2.45, 2.75) is 24.6 Å². The van der Waals surface area contributed by atoms with Crippen LogP contribution >= 0.6 is 0 Å². The summed E-state index contributed by atoms with van der Waals surface area (Å²) < 4.78 is 7.43. The van der Waals surface area contributed by atoms with E-state index < -0.39 is 23.7 Å². The molecule has 0 radical (unpaired) electrons. The maximum absolute atomic E-state index is 13.1. The average molecular weight is 544 g/mol. The summed E-state index contributed by atoms with van der Waals surface area (Å²) in [5.74, 6) is -0.295. The molecule has 13 nitrogen and oxygen atoms in total. The van der Waals surface area contributed by atoms with E-state index in [2.05, 4.69) is 36.6 Å². The van der Waals surface area contributed by atoms with Crippen LogP contribution in [-0.2, 0) is 16.1 Å². The fourth-order valence-electron chi connectivity index (χ4n) is 3.91. The van der Waals surface area contributed by atoms with E-state index in [0.717, 1.165) is 24.0 Å². The number of aliphatic hydroxyl groups is 1. The molecule has 0 spiro atoms.